The average Bonchev–Trinajstić information content (AvgIpc) is 2.75. The lowest BCUT2D eigenvalue weighted by Crippen LogP contribution is -2.45. The Morgan fingerprint density at radius 3 is 3.00 bits per heavy atom. The normalized spacial score (nSPS) is 21.1. The molecule has 1 unspecified atom stereocenters. The second-order valence-electron chi connectivity index (χ2n) is 3.93. The molecule has 1 amide bonds. The SMILES string of the molecule is O=C(c1ccc(Cl)o1)N1CCCCC1CO. The average molecular weight is 244 g/mol. The lowest BCUT2D eigenvalue weighted by Gasteiger charge is -2.33. The predicted molar refractivity (Wildman–Crippen MR) is 59.5 cm³/mol. The van der Waals surface area contributed by atoms with Gasteiger partial charge >= 0.3 is 0 Å². The molecule has 1 atom stereocenters. The van der Waals surface area contributed by atoms with Crippen molar-refractivity contribution in [2.24, 2.45) is 0 Å². The summed E-state index contributed by atoms with van der Waals surface area (Å²) in [5.41, 5.74) is 0. The summed E-state index contributed by atoms with van der Waals surface area (Å²) in [5.74, 6) is 0.0519. The van der Waals surface area contributed by atoms with Crippen LogP contribution in [0.3, 0.4) is 0 Å². The fourth-order valence-corrected chi connectivity index (χ4v) is 2.17. The summed E-state index contributed by atoms with van der Waals surface area (Å²) >= 11 is 5.63. The Hall–Kier alpha value is -1.00. The zero-order chi connectivity index (χ0) is 11.5. The molecule has 1 aliphatic heterocycles. The van der Waals surface area contributed by atoms with Crippen LogP contribution in [0, 0.1) is 0 Å². The van der Waals surface area contributed by atoms with E-state index < -0.39 is 0 Å². The van der Waals surface area contributed by atoms with E-state index in [1.807, 2.05) is 0 Å². The molecule has 5 heteroatoms. The van der Waals surface area contributed by atoms with Gasteiger partial charge in [0.05, 0.1) is 12.6 Å². The molecule has 4 nitrogen and oxygen atoms in total. The van der Waals surface area contributed by atoms with Crippen molar-refractivity contribution in [1.82, 2.24) is 4.90 Å². The standard InChI is InChI=1S/C11H14ClNO3/c12-10-5-4-9(16-10)11(15)13-6-2-1-3-8(13)7-14/h4-5,8,14H,1-3,6-7H2. The van der Waals surface area contributed by atoms with E-state index in [1.165, 1.54) is 0 Å². The molecule has 2 rings (SSSR count). The summed E-state index contributed by atoms with van der Waals surface area (Å²) in [6.45, 7) is 0.669. The van der Waals surface area contributed by atoms with Crippen LogP contribution in [0.5, 0.6) is 0 Å². The number of amides is 1. The highest BCUT2D eigenvalue weighted by atomic mass is 35.5. The van der Waals surface area contributed by atoms with Gasteiger partial charge in [-0.3, -0.25) is 4.79 Å². The fourth-order valence-electron chi connectivity index (χ4n) is 2.03. The topological polar surface area (TPSA) is 53.7 Å². The van der Waals surface area contributed by atoms with Crippen molar-refractivity contribution in [2.45, 2.75) is 25.3 Å². The maximum absolute atomic E-state index is 12.0. The first-order chi connectivity index (χ1) is 7.72. The first-order valence-electron chi connectivity index (χ1n) is 5.39. The number of hydrogen-bond donors (Lipinski definition) is 1. The molecule has 2 heterocycles. The van der Waals surface area contributed by atoms with Crippen LogP contribution in [0.4, 0.5) is 0 Å². The fraction of sp³-hybridized carbons (Fsp3) is 0.545. The summed E-state index contributed by atoms with van der Waals surface area (Å²) in [7, 11) is 0. The monoisotopic (exact) mass is 243 g/mol. The molecule has 16 heavy (non-hydrogen) atoms. The molecule has 1 aromatic rings. The van der Waals surface area contributed by atoms with E-state index in [9.17, 15) is 9.90 Å². The second kappa shape index (κ2) is 4.89. The molecule has 1 aromatic heterocycles. The highest BCUT2D eigenvalue weighted by molar-refractivity contribution is 6.29. The number of nitrogens with zero attached hydrogens (tertiary/aromatic N) is 1. The largest absolute Gasteiger partial charge is 0.440 e. The summed E-state index contributed by atoms with van der Waals surface area (Å²) in [6, 6.07) is 3.02. The quantitative estimate of drug-likeness (QED) is 0.864. The Balaban J connectivity index is 2.13. The van der Waals surface area contributed by atoms with E-state index in [-0.39, 0.29) is 29.5 Å². The third-order valence-corrected chi connectivity index (χ3v) is 3.09. The maximum atomic E-state index is 12.0. The molecule has 1 N–H and O–H groups in total. The zero-order valence-electron chi connectivity index (χ0n) is 8.86. The number of halogens is 1. The second-order valence-corrected chi connectivity index (χ2v) is 4.31. The summed E-state index contributed by atoms with van der Waals surface area (Å²) in [5, 5.41) is 9.42. The Labute approximate surface area is 98.8 Å². The van der Waals surface area contributed by atoms with E-state index in [0.29, 0.717) is 6.54 Å². The molecule has 1 aliphatic rings. The zero-order valence-corrected chi connectivity index (χ0v) is 9.61. The van der Waals surface area contributed by atoms with Crippen molar-refractivity contribution >= 4 is 17.5 Å². The predicted octanol–water partition coefficient (Wildman–Crippen LogP) is 1.92. The molecule has 0 saturated carbocycles. The number of piperidine rings is 1. The van der Waals surface area contributed by atoms with Crippen molar-refractivity contribution in [3.8, 4) is 0 Å². The molecular formula is C11H14ClNO3. The smallest absolute Gasteiger partial charge is 0.289 e. The van der Waals surface area contributed by atoms with Gasteiger partial charge in [0.15, 0.2) is 11.0 Å². The van der Waals surface area contributed by atoms with Gasteiger partial charge in [-0.05, 0) is 43.0 Å². The number of carbonyl (C=O) groups is 1. The van der Waals surface area contributed by atoms with Crippen LogP contribution >= 0.6 is 11.6 Å². The van der Waals surface area contributed by atoms with Crippen LogP contribution in [0.25, 0.3) is 0 Å². The van der Waals surface area contributed by atoms with Gasteiger partial charge in [0, 0.05) is 6.54 Å². The van der Waals surface area contributed by atoms with Crippen LogP contribution in [-0.2, 0) is 0 Å². The van der Waals surface area contributed by atoms with E-state index in [0.717, 1.165) is 19.3 Å². The maximum Gasteiger partial charge on any atom is 0.289 e. The van der Waals surface area contributed by atoms with Gasteiger partial charge in [-0.1, -0.05) is 0 Å². The van der Waals surface area contributed by atoms with Gasteiger partial charge in [0.2, 0.25) is 0 Å². The summed E-state index contributed by atoms with van der Waals surface area (Å²) < 4.78 is 5.08. The number of rotatable bonds is 2. The number of furan rings is 1. The Morgan fingerprint density at radius 1 is 1.56 bits per heavy atom. The van der Waals surface area contributed by atoms with Crippen molar-refractivity contribution in [2.75, 3.05) is 13.2 Å². The number of carbonyl (C=O) groups excluding carboxylic acids is 1. The van der Waals surface area contributed by atoms with E-state index in [1.54, 1.807) is 17.0 Å². The van der Waals surface area contributed by atoms with Crippen LogP contribution in [0.1, 0.15) is 29.8 Å². The number of aliphatic hydroxyl groups excluding tert-OH is 1. The Kier molecular flexibility index (Phi) is 3.51. The number of likely N-dealkylation sites (tertiary alicyclic amines) is 1. The van der Waals surface area contributed by atoms with Crippen molar-refractivity contribution in [1.29, 1.82) is 0 Å². The number of hydrogen-bond acceptors (Lipinski definition) is 3. The lowest BCUT2D eigenvalue weighted by molar-refractivity contribution is 0.0473. The van der Waals surface area contributed by atoms with E-state index in [2.05, 4.69) is 0 Å². The Morgan fingerprint density at radius 2 is 2.38 bits per heavy atom. The minimum Gasteiger partial charge on any atom is -0.440 e. The van der Waals surface area contributed by atoms with Gasteiger partial charge in [0.1, 0.15) is 0 Å². The Bertz CT molecular complexity index is 377. The minimum absolute atomic E-state index is 0.000179. The van der Waals surface area contributed by atoms with Gasteiger partial charge in [-0.2, -0.15) is 0 Å². The molecule has 0 aromatic carbocycles. The molecule has 1 fully saturated rings. The van der Waals surface area contributed by atoms with Crippen LogP contribution in [0.2, 0.25) is 5.22 Å². The van der Waals surface area contributed by atoms with Crippen LogP contribution in [0.15, 0.2) is 16.5 Å². The molecule has 0 radical (unpaired) electrons. The summed E-state index contributed by atoms with van der Waals surface area (Å²) in [4.78, 5) is 13.7. The molecule has 0 bridgehead atoms. The molecule has 88 valence electrons. The van der Waals surface area contributed by atoms with Gasteiger partial charge in [0.25, 0.3) is 5.91 Å². The van der Waals surface area contributed by atoms with E-state index in [4.69, 9.17) is 16.0 Å². The molecule has 0 aliphatic carbocycles. The first-order valence-corrected chi connectivity index (χ1v) is 5.77. The lowest BCUT2D eigenvalue weighted by atomic mass is 10.0. The molecule has 0 spiro atoms. The van der Waals surface area contributed by atoms with Crippen molar-refractivity contribution in [3.63, 3.8) is 0 Å². The first kappa shape index (κ1) is 11.5. The van der Waals surface area contributed by atoms with Gasteiger partial charge in [-0.15, -0.1) is 0 Å². The van der Waals surface area contributed by atoms with Crippen LogP contribution in [-0.4, -0.2) is 35.1 Å². The third-order valence-electron chi connectivity index (χ3n) is 2.88. The van der Waals surface area contributed by atoms with Crippen LogP contribution < -0.4 is 0 Å². The third kappa shape index (κ3) is 2.23. The highest BCUT2D eigenvalue weighted by Crippen LogP contribution is 2.21. The summed E-state index contributed by atoms with van der Waals surface area (Å²) in [6.07, 6.45) is 2.86. The van der Waals surface area contributed by atoms with Gasteiger partial charge < -0.3 is 14.4 Å². The van der Waals surface area contributed by atoms with Crippen molar-refractivity contribution < 1.29 is 14.3 Å². The van der Waals surface area contributed by atoms with Gasteiger partial charge in [-0.25, -0.2) is 0 Å². The molecular weight excluding hydrogens is 230 g/mol. The highest BCUT2D eigenvalue weighted by Gasteiger charge is 2.28. The van der Waals surface area contributed by atoms with Crippen molar-refractivity contribution in [3.05, 3.63) is 23.1 Å². The van der Waals surface area contributed by atoms with E-state index >= 15 is 0 Å². The minimum atomic E-state index is -0.189. The molecule has 1 saturated heterocycles. The number of aliphatic hydroxyl groups is 1.